The first-order valence-electron chi connectivity index (χ1n) is 9.05. The van der Waals surface area contributed by atoms with E-state index < -0.39 is 0 Å². The van der Waals surface area contributed by atoms with Gasteiger partial charge < -0.3 is 19.3 Å². The van der Waals surface area contributed by atoms with Crippen LogP contribution in [0.4, 0.5) is 0 Å². The minimum atomic E-state index is 0.176. The monoisotopic (exact) mass is 355 g/mol. The second kappa shape index (κ2) is 8.72. The fraction of sp³-hybridized carbons (Fsp3) is 0.381. The summed E-state index contributed by atoms with van der Waals surface area (Å²) in [5.74, 6) is 1.85. The number of benzene rings is 2. The summed E-state index contributed by atoms with van der Waals surface area (Å²) in [6, 6.07) is 15.9. The lowest BCUT2D eigenvalue weighted by molar-refractivity contribution is -0.917. The number of carbonyl (C=O) groups is 1. The van der Waals surface area contributed by atoms with Gasteiger partial charge in [0.25, 0.3) is 0 Å². The summed E-state index contributed by atoms with van der Waals surface area (Å²) in [4.78, 5) is 16.1. The normalized spacial score (nSPS) is 14.9. The number of methoxy groups -OCH3 is 2. The maximum atomic E-state index is 12.6. The topological polar surface area (TPSA) is 43.2 Å². The highest BCUT2D eigenvalue weighted by Gasteiger charge is 2.24. The van der Waals surface area contributed by atoms with Crippen LogP contribution in [0.5, 0.6) is 11.5 Å². The van der Waals surface area contributed by atoms with E-state index in [1.54, 1.807) is 14.2 Å². The Morgan fingerprint density at radius 1 is 1.04 bits per heavy atom. The van der Waals surface area contributed by atoms with Gasteiger partial charge in [-0.1, -0.05) is 30.3 Å². The lowest BCUT2D eigenvalue weighted by Crippen LogP contribution is -3.13. The van der Waals surface area contributed by atoms with Crippen LogP contribution in [-0.4, -0.2) is 51.2 Å². The van der Waals surface area contributed by atoms with Gasteiger partial charge in [0.2, 0.25) is 5.91 Å². The SMILES string of the molecule is COc1cccc(C[NH+]2CCN(C(=O)Cc3ccccc3OC)CC2)c1. The molecule has 3 rings (SSSR count). The van der Waals surface area contributed by atoms with Crippen molar-refractivity contribution in [1.82, 2.24) is 4.90 Å². The van der Waals surface area contributed by atoms with Crippen LogP contribution in [0, 0.1) is 0 Å². The average molecular weight is 355 g/mol. The molecule has 1 heterocycles. The zero-order chi connectivity index (χ0) is 18.4. The third-order valence-corrected chi connectivity index (χ3v) is 4.95. The Bertz CT molecular complexity index is 740. The number of amides is 1. The second-order valence-electron chi connectivity index (χ2n) is 6.65. The third kappa shape index (κ3) is 4.55. The van der Waals surface area contributed by atoms with Crippen molar-refractivity contribution in [2.45, 2.75) is 13.0 Å². The number of ether oxygens (including phenoxy) is 2. The van der Waals surface area contributed by atoms with E-state index in [9.17, 15) is 4.79 Å². The predicted molar refractivity (Wildman–Crippen MR) is 101 cm³/mol. The molecule has 0 radical (unpaired) electrons. The summed E-state index contributed by atoms with van der Waals surface area (Å²) in [5, 5.41) is 0. The van der Waals surface area contributed by atoms with Crippen molar-refractivity contribution in [3.05, 3.63) is 59.7 Å². The molecule has 0 saturated carbocycles. The molecular formula is C21H27N2O3+. The van der Waals surface area contributed by atoms with Gasteiger partial charge in [0.15, 0.2) is 0 Å². The van der Waals surface area contributed by atoms with E-state index in [0.717, 1.165) is 49.8 Å². The lowest BCUT2D eigenvalue weighted by Gasteiger charge is -2.32. The van der Waals surface area contributed by atoms with Crippen molar-refractivity contribution in [3.63, 3.8) is 0 Å². The zero-order valence-electron chi connectivity index (χ0n) is 15.5. The van der Waals surface area contributed by atoms with Crippen LogP contribution in [0.1, 0.15) is 11.1 Å². The molecule has 26 heavy (non-hydrogen) atoms. The molecule has 0 aromatic heterocycles. The molecule has 1 aliphatic heterocycles. The number of quaternary nitrogens is 1. The van der Waals surface area contributed by atoms with Crippen molar-refractivity contribution in [1.29, 1.82) is 0 Å². The Balaban J connectivity index is 1.52. The van der Waals surface area contributed by atoms with Crippen molar-refractivity contribution < 1.29 is 19.2 Å². The Labute approximate surface area is 155 Å². The minimum absolute atomic E-state index is 0.176. The van der Waals surface area contributed by atoms with E-state index in [0.29, 0.717) is 6.42 Å². The van der Waals surface area contributed by atoms with Crippen LogP contribution in [0.3, 0.4) is 0 Å². The summed E-state index contributed by atoms with van der Waals surface area (Å²) < 4.78 is 10.6. The Hall–Kier alpha value is -2.53. The van der Waals surface area contributed by atoms with Gasteiger partial charge in [-0.15, -0.1) is 0 Å². The van der Waals surface area contributed by atoms with Gasteiger partial charge in [-0.05, 0) is 18.2 Å². The first kappa shape index (κ1) is 18.3. The fourth-order valence-electron chi connectivity index (χ4n) is 3.44. The molecule has 0 bridgehead atoms. The summed E-state index contributed by atoms with van der Waals surface area (Å²) >= 11 is 0. The van der Waals surface area contributed by atoms with Crippen LogP contribution in [0.25, 0.3) is 0 Å². The van der Waals surface area contributed by atoms with Gasteiger partial charge in [0.1, 0.15) is 18.0 Å². The predicted octanol–water partition coefficient (Wildman–Crippen LogP) is 1.17. The van der Waals surface area contributed by atoms with Gasteiger partial charge in [-0.3, -0.25) is 4.79 Å². The van der Waals surface area contributed by atoms with E-state index in [1.165, 1.54) is 10.5 Å². The highest BCUT2D eigenvalue weighted by molar-refractivity contribution is 5.79. The number of nitrogens with one attached hydrogen (secondary N) is 1. The highest BCUT2D eigenvalue weighted by atomic mass is 16.5. The molecule has 2 aromatic rings. The number of hydrogen-bond acceptors (Lipinski definition) is 3. The van der Waals surface area contributed by atoms with Crippen molar-refractivity contribution in [3.8, 4) is 11.5 Å². The van der Waals surface area contributed by atoms with E-state index in [2.05, 4.69) is 12.1 Å². The van der Waals surface area contributed by atoms with Gasteiger partial charge in [0, 0.05) is 11.1 Å². The average Bonchev–Trinajstić information content (AvgIpc) is 2.69. The molecule has 5 heteroatoms. The second-order valence-corrected chi connectivity index (χ2v) is 6.65. The summed E-state index contributed by atoms with van der Waals surface area (Å²) in [6.07, 6.45) is 0.398. The molecule has 0 aliphatic carbocycles. The number of piperazine rings is 1. The number of nitrogens with zero attached hydrogens (tertiary/aromatic N) is 1. The largest absolute Gasteiger partial charge is 0.497 e. The van der Waals surface area contributed by atoms with Gasteiger partial charge in [-0.2, -0.15) is 0 Å². The zero-order valence-corrected chi connectivity index (χ0v) is 15.5. The summed E-state index contributed by atoms with van der Waals surface area (Å²) in [7, 11) is 3.34. The van der Waals surface area contributed by atoms with Gasteiger partial charge >= 0.3 is 0 Å². The molecule has 2 aromatic carbocycles. The molecule has 5 nitrogen and oxygen atoms in total. The maximum Gasteiger partial charge on any atom is 0.227 e. The van der Waals surface area contributed by atoms with Crippen molar-refractivity contribution >= 4 is 5.91 Å². The van der Waals surface area contributed by atoms with E-state index in [1.807, 2.05) is 41.3 Å². The molecule has 1 N–H and O–H groups in total. The summed E-state index contributed by atoms with van der Waals surface area (Å²) in [5.41, 5.74) is 2.22. The molecule has 1 aliphatic rings. The number of hydrogen-bond donors (Lipinski definition) is 1. The molecule has 1 amide bonds. The van der Waals surface area contributed by atoms with Crippen LogP contribution < -0.4 is 14.4 Å². The molecular weight excluding hydrogens is 328 g/mol. The highest BCUT2D eigenvalue weighted by Crippen LogP contribution is 2.18. The molecule has 1 saturated heterocycles. The molecule has 0 unspecified atom stereocenters. The molecule has 138 valence electrons. The van der Waals surface area contributed by atoms with E-state index in [4.69, 9.17) is 9.47 Å². The third-order valence-electron chi connectivity index (χ3n) is 4.95. The van der Waals surface area contributed by atoms with Crippen molar-refractivity contribution in [2.75, 3.05) is 40.4 Å². The smallest absolute Gasteiger partial charge is 0.227 e. The summed E-state index contributed by atoms with van der Waals surface area (Å²) in [6.45, 7) is 4.50. The molecule has 1 fully saturated rings. The number of para-hydroxylation sites is 1. The lowest BCUT2D eigenvalue weighted by atomic mass is 10.1. The van der Waals surface area contributed by atoms with Gasteiger partial charge in [0.05, 0.1) is 46.8 Å². The Morgan fingerprint density at radius 3 is 2.54 bits per heavy atom. The number of rotatable bonds is 6. The Morgan fingerprint density at radius 2 is 1.81 bits per heavy atom. The first-order chi connectivity index (χ1) is 12.7. The maximum absolute atomic E-state index is 12.6. The van der Waals surface area contributed by atoms with E-state index >= 15 is 0 Å². The molecule has 0 atom stereocenters. The van der Waals surface area contributed by atoms with Crippen LogP contribution in [0.2, 0.25) is 0 Å². The number of carbonyl (C=O) groups excluding carboxylic acids is 1. The van der Waals surface area contributed by atoms with Gasteiger partial charge in [-0.25, -0.2) is 0 Å². The van der Waals surface area contributed by atoms with Crippen molar-refractivity contribution in [2.24, 2.45) is 0 Å². The molecule has 0 spiro atoms. The van der Waals surface area contributed by atoms with E-state index in [-0.39, 0.29) is 5.91 Å². The van der Waals surface area contributed by atoms with Crippen LogP contribution in [-0.2, 0) is 17.8 Å². The van der Waals surface area contributed by atoms with Crippen LogP contribution in [0.15, 0.2) is 48.5 Å². The minimum Gasteiger partial charge on any atom is -0.497 e. The Kier molecular flexibility index (Phi) is 6.12. The standard InChI is InChI=1S/C21H26N2O3/c1-25-19-8-5-6-17(14-19)16-22-10-12-23(13-11-22)21(24)15-18-7-3-4-9-20(18)26-2/h3-9,14H,10-13,15-16H2,1-2H3/p+1. The quantitative estimate of drug-likeness (QED) is 0.846. The van der Waals surface area contributed by atoms with Crippen LogP contribution >= 0.6 is 0 Å². The first-order valence-corrected chi connectivity index (χ1v) is 9.05. The fourth-order valence-corrected chi connectivity index (χ4v) is 3.44.